The standard InChI is InChI=1S/C19H23N3O3S/c1-22(18-8-4-6-14-5-2-3-7-17(14)18)13-19(23)21-15-9-11-16(12-10-15)26(20,24)25/h2-3,5,7,9-12,18H,4,6,8,13H2,1H3,(H,21,23)(H2,20,24,25). The van der Waals surface area contributed by atoms with Gasteiger partial charge in [-0.15, -0.1) is 0 Å². The van der Waals surface area contributed by atoms with E-state index >= 15 is 0 Å². The minimum Gasteiger partial charge on any atom is -0.325 e. The summed E-state index contributed by atoms with van der Waals surface area (Å²) < 4.78 is 22.5. The van der Waals surface area contributed by atoms with Gasteiger partial charge < -0.3 is 5.32 Å². The predicted octanol–water partition coefficient (Wildman–Crippen LogP) is 2.28. The van der Waals surface area contributed by atoms with Gasteiger partial charge in [0.15, 0.2) is 0 Å². The molecule has 0 saturated carbocycles. The van der Waals surface area contributed by atoms with E-state index in [4.69, 9.17) is 5.14 Å². The van der Waals surface area contributed by atoms with E-state index in [2.05, 4.69) is 28.4 Å². The van der Waals surface area contributed by atoms with Crippen LogP contribution < -0.4 is 10.5 Å². The first-order valence-electron chi connectivity index (χ1n) is 8.55. The summed E-state index contributed by atoms with van der Waals surface area (Å²) in [5.41, 5.74) is 3.20. The summed E-state index contributed by atoms with van der Waals surface area (Å²) in [4.78, 5) is 14.4. The molecule has 7 heteroatoms. The molecule has 0 heterocycles. The zero-order chi connectivity index (χ0) is 18.7. The number of nitrogens with one attached hydrogen (secondary N) is 1. The Bertz CT molecular complexity index is 895. The first-order chi connectivity index (χ1) is 12.3. The Balaban J connectivity index is 1.63. The number of hydrogen-bond acceptors (Lipinski definition) is 4. The third-order valence-corrected chi connectivity index (χ3v) is 5.66. The maximum absolute atomic E-state index is 12.4. The number of anilines is 1. The Kier molecular flexibility index (Phi) is 5.41. The SMILES string of the molecule is CN(CC(=O)Nc1ccc(S(N)(=O)=O)cc1)C1CCCc2ccccc21. The highest BCUT2D eigenvalue weighted by Gasteiger charge is 2.24. The number of carbonyl (C=O) groups is 1. The minimum atomic E-state index is -3.73. The van der Waals surface area contributed by atoms with Gasteiger partial charge in [0.05, 0.1) is 11.4 Å². The van der Waals surface area contributed by atoms with Crippen LogP contribution in [0.5, 0.6) is 0 Å². The van der Waals surface area contributed by atoms with Crippen LogP contribution in [0.1, 0.15) is 30.0 Å². The number of fused-ring (bicyclic) bond motifs is 1. The number of nitrogens with zero attached hydrogens (tertiary/aromatic N) is 1. The molecule has 1 atom stereocenters. The quantitative estimate of drug-likeness (QED) is 0.841. The molecule has 0 spiro atoms. The number of likely N-dealkylation sites (N-methyl/N-ethyl adjacent to an activating group) is 1. The number of aryl methyl sites for hydroxylation is 1. The zero-order valence-electron chi connectivity index (χ0n) is 14.7. The molecule has 0 aliphatic heterocycles. The van der Waals surface area contributed by atoms with Gasteiger partial charge in [-0.25, -0.2) is 13.6 Å². The molecule has 2 aromatic carbocycles. The van der Waals surface area contributed by atoms with Crippen LogP contribution in [0.4, 0.5) is 5.69 Å². The molecule has 0 bridgehead atoms. The van der Waals surface area contributed by atoms with Crippen molar-refractivity contribution in [1.82, 2.24) is 4.90 Å². The third kappa shape index (κ3) is 4.30. The van der Waals surface area contributed by atoms with Gasteiger partial charge in [0.1, 0.15) is 0 Å². The smallest absolute Gasteiger partial charge is 0.238 e. The van der Waals surface area contributed by atoms with Crippen molar-refractivity contribution in [2.24, 2.45) is 5.14 Å². The summed E-state index contributed by atoms with van der Waals surface area (Å²) in [6.07, 6.45) is 3.23. The van der Waals surface area contributed by atoms with Crippen molar-refractivity contribution >= 4 is 21.6 Å². The average Bonchev–Trinajstić information content (AvgIpc) is 2.60. The molecule has 0 radical (unpaired) electrons. The molecule has 0 saturated heterocycles. The highest BCUT2D eigenvalue weighted by atomic mass is 32.2. The number of sulfonamides is 1. The van der Waals surface area contributed by atoms with Crippen molar-refractivity contribution in [3.05, 3.63) is 59.7 Å². The zero-order valence-corrected chi connectivity index (χ0v) is 15.5. The molecular formula is C19H23N3O3S. The monoisotopic (exact) mass is 373 g/mol. The lowest BCUT2D eigenvalue weighted by Crippen LogP contribution is -2.34. The van der Waals surface area contributed by atoms with Gasteiger partial charge in [0.2, 0.25) is 15.9 Å². The Labute approximate surface area is 154 Å². The number of carbonyl (C=O) groups excluding carboxylic acids is 1. The second-order valence-electron chi connectivity index (χ2n) is 6.64. The molecule has 0 aromatic heterocycles. The first-order valence-corrected chi connectivity index (χ1v) is 10.1. The van der Waals surface area contributed by atoms with Crippen molar-refractivity contribution in [2.45, 2.75) is 30.2 Å². The molecule has 0 fully saturated rings. The molecular weight excluding hydrogens is 350 g/mol. The van der Waals surface area contributed by atoms with E-state index in [-0.39, 0.29) is 23.4 Å². The Morgan fingerprint density at radius 1 is 1.19 bits per heavy atom. The van der Waals surface area contributed by atoms with Gasteiger partial charge in [-0.3, -0.25) is 9.69 Å². The van der Waals surface area contributed by atoms with Gasteiger partial charge in [-0.05, 0) is 61.7 Å². The molecule has 1 unspecified atom stereocenters. The lowest BCUT2D eigenvalue weighted by atomic mass is 9.87. The number of amides is 1. The summed E-state index contributed by atoms with van der Waals surface area (Å²) in [6.45, 7) is 0.260. The van der Waals surface area contributed by atoms with Crippen molar-refractivity contribution in [3.63, 3.8) is 0 Å². The van der Waals surface area contributed by atoms with Gasteiger partial charge in [0, 0.05) is 11.7 Å². The normalized spacial score (nSPS) is 17.0. The van der Waals surface area contributed by atoms with Gasteiger partial charge in [-0.2, -0.15) is 0 Å². The van der Waals surface area contributed by atoms with E-state index in [0.29, 0.717) is 5.69 Å². The largest absolute Gasteiger partial charge is 0.325 e. The topological polar surface area (TPSA) is 92.5 Å². The van der Waals surface area contributed by atoms with Crippen LogP contribution in [0.15, 0.2) is 53.4 Å². The molecule has 1 aliphatic rings. The highest BCUT2D eigenvalue weighted by molar-refractivity contribution is 7.89. The molecule has 3 N–H and O–H groups in total. The second kappa shape index (κ2) is 7.57. The van der Waals surface area contributed by atoms with E-state index in [0.717, 1.165) is 19.3 Å². The molecule has 138 valence electrons. The number of nitrogens with two attached hydrogens (primary N) is 1. The molecule has 3 rings (SSSR count). The fraction of sp³-hybridized carbons (Fsp3) is 0.316. The molecule has 6 nitrogen and oxygen atoms in total. The fourth-order valence-electron chi connectivity index (χ4n) is 3.45. The summed E-state index contributed by atoms with van der Waals surface area (Å²) >= 11 is 0. The third-order valence-electron chi connectivity index (χ3n) is 4.73. The van der Waals surface area contributed by atoms with Gasteiger partial charge in [-0.1, -0.05) is 24.3 Å². The molecule has 26 heavy (non-hydrogen) atoms. The Morgan fingerprint density at radius 2 is 1.88 bits per heavy atom. The summed E-state index contributed by atoms with van der Waals surface area (Å²) in [5.74, 6) is -0.140. The van der Waals surface area contributed by atoms with Crippen LogP contribution in [0.25, 0.3) is 0 Å². The van der Waals surface area contributed by atoms with Gasteiger partial charge >= 0.3 is 0 Å². The number of rotatable bonds is 5. The number of hydrogen-bond donors (Lipinski definition) is 2. The van der Waals surface area contributed by atoms with Crippen LogP contribution in [-0.4, -0.2) is 32.8 Å². The van der Waals surface area contributed by atoms with E-state index in [9.17, 15) is 13.2 Å². The second-order valence-corrected chi connectivity index (χ2v) is 8.20. The number of primary sulfonamides is 1. The maximum atomic E-state index is 12.4. The van der Waals surface area contributed by atoms with Crippen LogP contribution >= 0.6 is 0 Å². The fourth-order valence-corrected chi connectivity index (χ4v) is 3.97. The molecule has 1 amide bonds. The van der Waals surface area contributed by atoms with Crippen molar-refractivity contribution in [3.8, 4) is 0 Å². The van der Waals surface area contributed by atoms with E-state index in [1.54, 1.807) is 0 Å². The van der Waals surface area contributed by atoms with Crippen LogP contribution in [0, 0.1) is 0 Å². The molecule has 2 aromatic rings. The van der Waals surface area contributed by atoms with Crippen LogP contribution in [0.2, 0.25) is 0 Å². The van der Waals surface area contributed by atoms with Crippen molar-refractivity contribution in [1.29, 1.82) is 0 Å². The van der Waals surface area contributed by atoms with E-state index in [1.165, 1.54) is 35.4 Å². The predicted molar refractivity (Wildman–Crippen MR) is 101 cm³/mol. The van der Waals surface area contributed by atoms with E-state index < -0.39 is 10.0 Å². The minimum absolute atomic E-state index is 0.0198. The average molecular weight is 373 g/mol. The van der Waals surface area contributed by atoms with Gasteiger partial charge in [0.25, 0.3) is 0 Å². The Hall–Kier alpha value is -2.22. The van der Waals surface area contributed by atoms with Crippen molar-refractivity contribution in [2.75, 3.05) is 18.9 Å². The number of benzene rings is 2. The highest BCUT2D eigenvalue weighted by Crippen LogP contribution is 2.33. The molecule has 1 aliphatic carbocycles. The van der Waals surface area contributed by atoms with Crippen LogP contribution in [0.3, 0.4) is 0 Å². The van der Waals surface area contributed by atoms with E-state index in [1.807, 2.05) is 13.1 Å². The van der Waals surface area contributed by atoms with Crippen molar-refractivity contribution < 1.29 is 13.2 Å². The summed E-state index contributed by atoms with van der Waals surface area (Å²) in [5, 5.41) is 7.87. The Morgan fingerprint density at radius 3 is 2.58 bits per heavy atom. The maximum Gasteiger partial charge on any atom is 0.238 e. The lowest BCUT2D eigenvalue weighted by molar-refractivity contribution is -0.117. The van der Waals surface area contributed by atoms with Crippen LogP contribution in [-0.2, 0) is 21.2 Å². The lowest BCUT2D eigenvalue weighted by Gasteiger charge is -2.32. The first kappa shape index (κ1) is 18.6. The summed E-state index contributed by atoms with van der Waals surface area (Å²) in [7, 11) is -1.78. The summed E-state index contributed by atoms with van der Waals surface area (Å²) in [6, 6.07) is 14.5.